The second-order valence-corrected chi connectivity index (χ2v) is 4.56. The predicted molar refractivity (Wildman–Crippen MR) is 71.4 cm³/mol. The second kappa shape index (κ2) is 6.66. The molecule has 16 heavy (non-hydrogen) atoms. The van der Waals surface area contributed by atoms with Gasteiger partial charge in [0.1, 0.15) is 0 Å². The monoisotopic (exact) mass is 258 g/mol. The Balaban J connectivity index is 0.000000160. The Hall–Kier alpha value is -0.860. The molecule has 0 atom stereocenters. The van der Waals surface area contributed by atoms with Crippen LogP contribution in [0.3, 0.4) is 0 Å². The maximum Gasteiger partial charge on any atom is 0.0398 e. The van der Waals surface area contributed by atoms with E-state index >= 15 is 0 Å². The van der Waals surface area contributed by atoms with E-state index in [4.69, 9.17) is 23.2 Å². The van der Waals surface area contributed by atoms with Gasteiger partial charge in [-0.2, -0.15) is 0 Å². The minimum atomic E-state index is 0.836. The number of allylic oxidation sites excluding steroid dienone is 4. The highest BCUT2D eigenvalue weighted by Gasteiger charge is 1.95. The van der Waals surface area contributed by atoms with E-state index in [1.54, 1.807) is 0 Å². The lowest BCUT2D eigenvalue weighted by atomic mass is 10.4. The van der Waals surface area contributed by atoms with Crippen LogP contribution in [0.25, 0.3) is 0 Å². The molecule has 0 saturated carbocycles. The van der Waals surface area contributed by atoms with Crippen LogP contribution in [0, 0.1) is 0 Å². The SMILES string of the molecule is CN1C=CC(Cl)=CC1.CN1C=CC(Cl)=CC1. The largest absolute Gasteiger partial charge is 0.377 e. The van der Waals surface area contributed by atoms with Gasteiger partial charge in [-0.3, -0.25) is 0 Å². The van der Waals surface area contributed by atoms with Crippen molar-refractivity contribution in [3.8, 4) is 0 Å². The highest BCUT2D eigenvalue weighted by Crippen LogP contribution is 2.08. The number of nitrogens with zero attached hydrogens (tertiary/aromatic N) is 2. The van der Waals surface area contributed by atoms with Crippen LogP contribution < -0.4 is 0 Å². The fourth-order valence-electron chi connectivity index (χ4n) is 1.12. The smallest absolute Gasteiger partial charge is 0.0398 e. The molecule has 0 aliphatic carbocycles. The normalized spacial score (nSPS) is 18.8. The Bertz CT molecular complexity index is 309. The summed E-state index contributed by atoms with van der Waals surface area (Å²) in [4.78, 5) is 4.12. The maximum absolute atomic E-state index is 5.63. The van der Waals surface area contributed by atoms with Gasteiger partial charge in [0.2, 0.25) is 0 Å². The Kier molecular flexibility index (Phi) is 5.50. The summed E-state index contributed by atoms with van der Waals surface area (Å²) in [6, 6.07) is 0. The standard InChI is InChI=1S/2C6H8ClN/c2*1-8-4-2-6(7)3-5-8/h2*2-4H,5H2,1H3. The lowest BCUT2D eigenvalue weighted by Gasteiger charge is -2.13. The predicted octanol–water partition coefficient (Wildman–Crippen LogP) is 3.14. The van der Waals surface area contributed by atoms with E-state index in [2.05, 4.69) is 9.80 Å². The Labute approximate surface area is 107 Å². The van der Waals surface area contributed by atoms with Crippen molar-refractivity contribution in [3.63, 3.8) is 0 Å². The van der Waals surface area contributed by atoms with Crippen LogP contribution in [0.5, 0.6) is 0 Å². The third-order valence-corrected chi connectivity index (χ3v) is 2.69. The van der Waals surface area contributed by atoms with E-state index in [0.29, 0.717) is 0 Å². The van der Waals surface area contributed by atoms with Gasteiger partial charge in [0.25, 0.3) is 0 Å². The molecule has 0 bridgehead atoms. The van der Waals surface area contributed by atoms with Gasteiger partial charge in [-0.1, -0.05) is 23.2 Å². The van der Waals surface area contributed by atoms with Gasteiger partial charge in [0, 0.05) is 49.6 Å². The van der Waals surface area contributed by atoms with Crippen molar-refractivity contribution in [1.82, 2.24) is 9.80 Å². The molecule has 0 saturated heterocycles. The molecule has 0 unspecified atom stereocenters. The molecule has 0 amide bonds. The van der Waals surface area contributed by atoms with Crippen molar-refractivity contribution in [2.75, 3.05) is 27.2 Å². The summed E-state index contributed by atoms with van der Waals surface area (Å²) in [5, 5.41) is 1.67. The number of halogens is 2. The molecule has 0 aromatic heterocycles. The second-order valence-electron chi connectivity index (χ2n) is 3.69. The molecule has 2 rings (SSSR count). The molecule has 0 radical (unpaired) electrons. The molecule has 2 nitrogen and oxygen atoms in total. The Morgan fingerprint density at radius 2 is 1.25 bits per heavy atom. The zero-order chi connectivity index (χ0) is 12.0. The molecule has 0 fully saturated rings. The van der Waals surface area contributed by atoms with Gasteiger partial charge in [-0.25, -0.2) is 0 Å². The zero-order valence-corrected chi connectivity index (χ0v) is 11.0. The van der Waals surface area contributed by atoms with Crippen LogP contribution in [-0.2, 0) is 0 Å². The van der Waals surface area contributed by atoms with E-state index in [9.17, 15) is 0 Å². The number of rotatable bonds is 0. The van der Waals surface area contributed by atoms with Gasteiger partial charge in [0.15, 0.2) is 0 Å². The summed E-state index contributed by atoms with van der Waals surface area (Å²) >= 11 is 11.3. The van der Waals surface area contributed by atoms with E-state index in [1.807, 2.05) is 50.8 Å². The molecule has 2 heterocycles. The molecule has 4 heteroatoms. The molecule has 0 spiro atoms. The van der Waals surface area contributed by atoms with Gasteiger partial charge < -0.3 is 9.80 Å². The van der Waals surface area contributed by atoms with Crippen molar-refractivity contribution in [1.29, 1.82) is 0 Å². The molecule has 2 aliphatic heterocycles. The topological polar surface area (TPSA) is 6.48 Å². The van der Waals surface area contributed by atoms with Gasteiger partial charge in [-0.15, -0.1) is 0 Å². The van der Waals surface area contributed by atoms with Crippen molar-refractivity contribution in [3.05, 3.63) is 46.8 Å². The van der Waals surface area contributed by atoms with Crippen molar-refractivity contribution in [2.45, 2.75) is 0 Å². The van der Waals surface area contributed by atoms with E-state index < -0.39 is 0 Å². The quantitative estimate of drug-likeness (QED) is 0.659. The zero-order valence-electron chi connectivity index (χ0n) is 9.53. The van der Waals surface area contributed by atoms with Crippen LogP contribution in [0.15, 0.2) is 46.8 Å². The fourth-order valence-corrected chi connectivity index (χ4v) is 1.37. The maximum atomic E-state index is 5.63. The van der Waals surface area contributed by atoms with Crippen molar-refractivity contribution >= 4 is 23.2 Å². The van der Waals surface area contributed by atoms with E-state index in [1.165, 1.54) is 0 Å². The lowest BCUT2D eigenvalue weighted by Crippen LogP contribution is -2.12. The number of likely N-dealkylation sites (N-methyl/N-ethyl adjacent to an activating group) is 2. The summed E-state index contributed by atoms with van der Waals surface area (Å²) < 4.78 is 0. The van der Waals surface area contributed by atoms with E-state index in [0.717, 1.165) is 23.2 Å². The summed E-state index contributed by atoms with van der Waals surface area (Å²) in [6.07, 6.45) is 11.6. The Morgan fingerprint density at radius 3 is 1.44 bits per heavy atom. The van der Waals surface area contributed by atoms with Gasteiger partial charge in [-0.05, 0) is 24.3 Å². The average Bonchev–Trinajstić information content (AvgIpc) is 2.28. The van der Waals surface area contributed by atoms with Crippen LogP contribution >= 0.6 is 23.2 Å². The van der Waals surface area contributed by atoms with Crippen LogP contribution in [0.2, 0.25) is 0 Å². The summed E-state index contributed by atoms with van der Waals surface area (Å²) in [5.41, 5.74) is 0. The van der Waals surface area contributed by atoms with Crippen LogP contribution in [0.1, 0.15) is 0 Å². The summed E-state index contributed by atoms with van der Waals surface area (Å²) in [6.45, 7) is 1.85. The average molecular weight is 259 g/mol. The minimum absolute atomic E-state index is 0.836. The van der Waals surface area contributed by atoms with Gasteiger partial charge >= 0.3 is 0 Å². The van der Waals surface area contributed by atoms with Crippen molar-refractivity contribution < 1.29 is 0 Å². The first-order valence-electron chi connectivity index (χ1n) is 5.06. The first-order valence-corrected chi connectivity index (χ1v) is 5.82. The van der Waals surface area contributed by atoms with Crippen molar-refractivity contribution in [2.24, 2.45) is 0 Å². The molecule has 0 aromatic carbocycles. The van der Waals surface area contributed by atoms with E-state index in [-0.39, 0.29) is 0 Å². The highest BCUT2D eigenvalue weighted by molar-refractivity contribution is 6.31. The molecule has 0 aromatic rings. The third-order valence-electron chi connectivity index (χ3n) is 2.13. The molecular formula is C12H16Cl2N2. The molecule has 2 aliphatic rings. The lowest BCUT2D eigenvalue weighted by molar-refractivity contribution is 0.504. The number of hydrogen-bond acceptors (Lipinski definition) is 2. The summed E-state index contributed by atoms with van der Waals surface area (Å²) in [7, 11) is 4.02. The summed E-state index contributed by atoms with van der Waals surface area (Å²) in [5.74, 6) is 0. The molecule has 88 valence electrons. The third kappa shape index (κ3) is 5.29. The Morgan fingerprint density at radius 1 is 0.875 bits per heavy atom. The first kappa shape index (κ1) is 13.2. The number of hydrogen-bond donors (Lipinski definition) is 0. The van der Waals surface area contributed by atoms with Crippen LogP contribution in [0.4, 0.5) is 0 Å². The van der Waals surface area contributed by atoms with Crippen LogP contribution in [-0.4, -0.2) is 37.0 Å². The minimum Gasteiger partial charge on any atom is -0.377 e. The molecular weight excluding hydrogens is 243 g/mol. The fraction of sp³-hybridized carbons (Fsp3) is 0.333. The highest BCUT2D eigenvalue weighted by atomic mass is 35.5. The molecule has 0 N–H and O–H groups in total. The van der Waals surface area contributed by atoms with Gasteiger partial charge in [0.05, 0.1) is 0 Å². The first-order chi connectivity index (χ1) is 7.58.